The van der Waals surface area contributed by atoms with E-state index in [1.54, 1.807) is 0 Å². The van der Waals surface area contributed by atoms with Gasteiger partial charge in [0.2, 0.25) is 5.91 Å². The van der Waals surface area contributed by atoms with Gasteiger partial charge in [-0.05, 0) is 99.1 Å². The van der Waals surface area contributed by atoms with Gasteiger partial charge in [-0.2, -0.15) is 0 Å². The molecular formula is C35H38F3N5O2S. The molecule has 1 saturated carbocycles. The number of aryl methyl sites for hydroxylation is 3. The van der Waals surface area contributed by atoms with E-state index in [-0.39, 0.29) is 23.1 Å². The Morgan fingerprint density at radius 2 is 1.74 bits per heavy atom. The van der Waals surface area contributed by atoms with E-state index in [1.165, 1.54) is 63.2 Å². The highest BCUT2D eigenvalue weighted by atomic mass is 32.2. The molecule has 3 unspecified atom stereocenters. The van der Waals surface area contributed by atoms with Crippen LogP contribution in [0.5, 0.6) is 5.75 Å². The Labute approximate surface area is 271 Å². The zero-order valence-electron chi connectivity index (χ0n) is 26.2. The summed E-state index contributed by atoms with van der Waals surface area (Å²) in [5.74, 6) is 1.78. The van der Waals surface area contributed by atoms with Crippen LogP contribution >= 0.6 is 11.8 Å². The summed E-state index contributed by atoms with van der Waals surface area (Å²) in [5, 5.41) is 7.98. The molecule has 2 fully saturated rings. The summed E-state index contributed by atoms with van der Waals surface area (Å²) in [5.41, 5.74) is 7.71. The number of aromatic nitrogens is 3. The lowest BCUT2D eigenvalue weighted by Gasteiger charge is -2.39. The third kappa shape index (κ3) is 7.52. The number of nitrogens with zero attached hydrogens (tertiary/aromatic N) is 4. The number of anilines is 1. The molecule has 0 spiro atoms. The minimum atomic E-state index is -4.74. The minimum absolute atomic E-state index is 0.122. The number of hydrogen-bond acceptors (Lipinski definition) is 6. The first kappa shape index (κ1) is 32.0. The lowest BCUT2D eigenvalue weighted by atomic mass is 9.96. The fourth-order valence-corrected chi connectivity index (χ4v) is 8.05. The van der Waals surface area contributed by atoms with Gasteiger partial charge in [0.15, 0.2) is 5.82 Å². The van der Waals surface area contributed by atoms with Crippen LogP contribution in [-0.4, -0.2) is 50.7 Å². The second-order valence-corrected chi connectivity index (χ2v) is 13.6. The van der Waals surface area contributed by atoms with Gasteiger partial charge in [-0.25, -0.2) is 9.67 Å². The van der Waals surface area contributed by atoms with Crippen molar-refractivity contribution in [3.63, 3.8) is 0 Å². The van der Waals surface area contributed by atoms with E-state index in [4.69, 9.17) is 0 Å². The molecular weight excluding hydrogens is 611 g/mol. The van der Waals surface area contributed by atoms with Crippen LogP contribution in [-0.2, 0) is 4.79 Å². The van der Waals surface area contributed by atoms with Crippen molar-refractivity contribution in [2.45, 2.75) is 76.6 Å². The molecule has 1 aliphatic heterocycles. The second kappa shape index (κ2) is 13.4. The van der Waals surface area contributed by atoms with E-state index in [2.05, 4.69) is 70.1 Å². The first-order valence-electron chi connectivity index (χ1n) is 15.7. The highest BCUT2D eigenvalue weighted by molar-refractivity contribution is 8.00. The number of ether oxygens (including phenoxy) is 1. The molecule has 1 amide bonds. The monoisotopic (exact) mass is 649 g/mol. The molecule has 6 rings (SSSR count). The lowest BCUT2D eigenvalue weighted by molar-refractivity contribution is -0.274. The van der Waals surface area contributed by atoms with Crippen LogP contribution in [0.1, 0.15) is 60.3 Å². The molecule has 1 saturated heterocycles. The Morgan fingerprint density at radius 1 is 1.02 bits per heavy atom. The molecule has 0 bridgehead atoms. The molecule has 242 valence electrons. The van der Waals surface area contributed by atoms with E-state index in [0.717, 1.165) is 43.5 Å². The molecule has 1 aromatic heterocycles. The summed E-state index contributed by atoms with van der Waals surface area (Å²) >= 11 is 1.88. The number of carbonyl (C=O) groups excluding carboxylic acids is 1. The predicted molar refractivity (Wildman–Crippen MR) is 175 cm³/mol. The summed E-state index contributed by atoms with van der Waals surface area (Å²) in [6.45, 7) is 7.44. The van der Waals surface area contributed by atoms with Crippen LogP contribution in [0.15, 0.2) is 67.0 Å². The van der Waals surface area contributed by atoms with Gasteiger partial charge in [0, 0.05) is 23.8 Å². The molecule has 11 heteroatoms. The van der Waals surface area contributed by atoms with Gasteiger partial charge in [-0.15, -0.1) is 30.0 Å². The molecule has 3 atom stereocenters. The maximum atomic E-state index is 13.3. The summed E-state index contributed by atoms with van der Waals surface area (Å²) < 4.78 is 42.8. The average Bonchev–Trinajstić information content (AvgIpc) is 3.68. The van der Waals surface area contributed by atoms with Crippen molar-refractivity contribution in [3.8, 4) is 22.8 Å². The number of amides is 1. The largest absolute Gasteiger partial charge is 0.573 e. The normalized spacial score (nSPS) is 20.1. The minimum Gasteiger partial charge on any atom is -0.406 e. The zero-order chi connectivity index (χ0) is 32.4. The third-order valence-electron chi connectivity index (χ3n) is 8.75. The van der Waals surface area contributed by atoms with Crippen molar-refractivity contribution >= 4 is 23.4 Å². The Morgan fingerprint density at radius 3 is 2.43 bits per heavy atom. The number of alkyl halides is 3. The van der Waals surface area contributed by atoms with Crippen molar-refractivity contribution in [1.82, 2.24) is 20.1 Å². The molecule has 46 heavy (non-hydrogen) atoms. The molecule has 2 aliphatic rings. The standard InChI is InChI=1S/C35H38F3N5O2S/c1-22-17-23(2)33(24(3)18-22)42-15-4-16-46-32(42)20-31(44)40-28-10-9-27(19-28)25-5-7-26(8-6-25)34-39-21-43(41-34)29-11-13-30(14-12-29)45-35(36,37)38/h5-8,11-14,17-18,21,27-28,32H,4,9-10,15-16,19-20H2,1-3H3,(H,40,44). The maximum absolute atomic E-state index is 13.3. The first-order valence-corrected chi connectivity index (χ1v) is 16.7. The average molecular weight is 650 g/mol. The topological polar surface area (TPSA) is 72.3 Å². The summed E-state index contributed by atoms with van der Waals surface area (Å²) in [6, 6.07) is 18.3. The van der Waals surface area contributed by atoms with E-state index < -0.39 is 6.36 Å². The second-order valence-electron chi connectivity index (χ2n) is 12.3. The SMILES string of the molecule is Cc1cc(C)c(N2CCCSC2CC(=O)NC2CCC(c3ccc(-c4ncn(-c5ccc(OC(F)(F)F)cc5)n4)cc3)C2)c(C)c1. The van der Waals surface area contributed by atoms with Crippen LogP contribution in [0.2, 0.25) is 0 Å². The molecule has 4 aromatic rings. The Bertz CT molecular complexity index is 1650. The Balaban J connectivity index is 1.03. The molecule has 2 heterocycles. The van der Waals surface area contributed by atoms with E-state index in [9.17, 15) is 18.0 Å². The van der Waals surface area contributed by atoms with Crippen LogP contribution < -0.4 is 15.0 Å². The maximum Gasteiger partial charge on any atom is 0.573 e. The number of halogens is 3. The van der Waals surface area contributed by atoms with Gasteiger partial charge in [0.1, 0.15) is 12.1 Å². The zero-order valence-corrected chi connectivity index (χ0v) is 27.0. The first-order chi connectivity index (χ1) is 22.0. The van der Waals surface area contributed by atoms with E-state index in [1.807, 2.05) is 23.9 Å². The van der Waals surface area contributed by atoms with Crippen LogP contribution in [0, 0.1) is 20.8 Å². The fourth-order valence-electron chi connectivity index (χ4n) is 6.82. The lowest BCUT2D eigenvalue weighted by Crippen LogP contribution is -2.43. The third-order valence-corrected chi connectivity index (χ3v) is 10.1. The number of carbonyl (C=O) groups is 1. The molecule has 3 aromatic carbocycles. The number of benzene rings is 3. The Kier molecular flexibility index (Phi) is 9.31. The quantitative estimate of drug-likeness (QED) is 0.210. The molecule has 7 nitrogen and oxygen atoms in total. The summed E-state index contributed by atoms with van der Waals surface area (Å²) in [4.78, 5) is 20.1. The summed E-state index contributed by atoms with van der Waals surface area (Å²) in [7, 11) is 0. The number of thioether (sulfide) groups is 1. The van der Waals surface area contributed by atoms with Gasteiger partial charge in [-0.3, -0.25) is 4.79 Å². The van der Waals surface area contributed by atoms with Gasteiger partial charge in [0.25, 0.3) is 0 Å². The van der Waals surface area contributed by atoms with Crippen LogP contribution in [0.4, 0.5) is 18.9 Å². The van der Waals surface area contributed by atoms with Crippen molar-refractivity contribution in [1.29, 1.82) is 0 Å². The van der Waals surface area contributed by atoms with Crippen LogP contribution in [0.3, 0.4) is 0 Å². The summed E-state index contributed by atoms with van der Waals surface area (Å²) in [6.07, 6.45) is 1.27. The van der Waals surface area contributed by atoms with Gasteiger partial charge < -0.3 is 15.0 Å². The highest BCUT2D eigenvalue weighted by Crippen LogP contribution is 2.37. The Hall–Kier alpha value is -3.99. The predicted octanol–water partition coefficient (Wildman–Crippen LogP) is 7.87. The van der Waals surface area contributed by atoms with E-state index in [0.29, 0.717) is 23.9 Å². The van der Waals surface area contributed by atoms with Crippen molar-refractivity contribution in [3.05, 3.63) is 89.2 Å². The molecule has 0 radical (unpaired) electrons. The molecule has 1 N–H and O–H groups in total. The van der Waals surface area contributed by atoms with Crippen molar-refractivity contribution in [2.75, 3.05) is 17.2 Å². The number of rotatable bonds is 8. The molecule has 1 aliphatic carbocycles. The van der Waals surface area contributed by atoms with Crippen molar-refractivity contribution in [2.24, 2.45) is 0 Å². The van der Waals surface area contributed by atoms with Crippen molar-refractivity contribution < 1.29 is 22.7 Å². The highest BCUT2D eigenvalue weighted by Gasteiger charge is 2.32. The van der Waals surface area contributed by atoms with E-state index >= 15 is 0 Å². The van der Waals surface area contributed by atoms with Gasteiger partial charge in [-0.1, -0.05) is 42.0 Å². The van der Waals surface area contributed by atoms with Gasteiger partial charge in [0.05, 0.1) is 17.5 Å². The number of hydrogen-bond donors (Lipinski definition) is 1. The smallest absolute Gasteiger partial charge is 0.406 e. The van der Waals surface area contributed by atoms with Crippen LogP contribution in [0.25, 0.3) is 17.1 Å². The number of nitrogens with one attached hydrogen (secondary N) is 1. The van der Waals surface area contributed by atoms with Gasteiger partial charge >= 0.3 is 6.36 Å². The fraction of sp³-hybridized carbons (Fsp3) is 0.400.